The maximum Gasteiger partial charge on any atom is 0.295 e. The standard InChI is InChI=1S/C33H25F6N5O/c1-16-4-5-19-12-18(6-7-25(19)41-16)22-3-2-8-40-29(22)26(11-17-9-20(34)13-21(35)10-17)42-27(45)15-44-30(32(36)37)28-23-14-24(23)33(38,39)31(28)43-44/h2-10,12-13,23-24,26,32H,11,14-15H2,1H3,(H,42,45)/t23?,24?,26-/m0/s1. The highest BCUT2D eigenvalue weighted by Gasteiger charge is 2.67. The number of pyridine rings is 2. The summed E-state index contributed by atoms with van der Waals surface area (Å²) < 4.78 is 86.7. The minimum atomic E-state index is -3.34. The first kappa shape index (κ1) is 29.0. The Balaban J connectivity index is 1.25. The number of nitrogens with one attached hydrogen (secondary N) is 1. The van der Waals surface area contributed by atoms with Crippen molar-refractivity contribution in [3.63, 3.8) is 0 Å². The second kappa shape index (κ2) is 10.7. The van der Waals surface area contributed by atoms with Crippen molar-refractivity contribution in [1.82, 2.24) is 25.1 Å². The number of amides is 1. The lowest BCUT2D eigenvalue weighted by molar-refractivity contribution is -0.122. The van der Waals surface area contributed by atoms with Crippen LogP contribution < -0.4 is 5.32 Å². The van der Waals surface area contributed by atoms with Gasteiger partial charge in [0.25, 0.3) is 12.3 Å². The lowest BCUT2D eigenvalue weighted by atomic mass is 9.94. The number of halogens is 6. The molecule has 1 N–H and O–H groups in total. The lowest BCUT2D eigenvalue weighted by Gasteiger charge is -2.22. The minimum absolute atomic E-state index is 0.0940. The molecule has 2 aliphatic carbocycles. The second-order valence-corrected chi connectivity index (χ2v) is 11.6. The molecule has 5 aromatic rings. The summed E-state index contributed by atoms with van der Waals surface area (Å²) in [5.74, 6) is -7.54. The minimum Gasteiger partial charge on any atom is -0.346 e. The van der Waals surface area contributed by atoms with E-state index in [2.05, 4.69) is 20.4 Å². The van der Waals surface area contributed by atoms with Crippen LogP contribution in [0.2, 0.25) is 0 Å². The van der Waals surface area contributed by atoms with Crippen LogP contribution in [0.3, 0.4) is 0 Å². The summed E-state index contributed by atoms with van der Waals surface area (Å²) in [6, 6.07) is 14.8. The number of aryl methyl sites for hydroxylation is 1. The van der Waals surface area contributed by atoms with Crippen LogP contribution in [0.1, 0.15) is 58.7 Å². The molecule has 6 nitrogen and oxygen atoms in total. The molecule has 12 heteroatoms. The first-order chi connectivity index (χ1) is 21.5. The molecule has 1 saturated carbocycles. The van der Waals surface area contributed by atoms with E-state index in [1.165, 1.54) is 6.20 Å². The Bertz CT molecular complexity index is 1950. The number of aromatic nitrogens is 4. The van der Waals surface area contributed by atoms with Crippen LogP contribution in [0, 0.1) is 24.5 Å². The van der Waals surface area contributed by atoms with Gasteiger partial charge in [0.1, 0.15) is 29.6 Å². The molecule has 0 spiro atoms. The third-order valence-corrected chi connectivity index (χ3v) is 8.48. The Morgan fingerprint density at radius 1 is 1.07 bits per heavy atom. The molecule has 2 unspecified atom stereocenters. The van der Waals surface area contributed by atoms with E-state index in [-0.39, 0.29) is 24.0 Å². The Morgan fingerprint density at radius 2 is 1.84 bits per heavy atom. The van der Waals surface area contributed by atoms with Gasteiger partial charge >= 0.3 is 0 Å². The molecule has 3 atom stereocenters. The summed E-state index contributed by atoms with van der Waals surface area (Å²) in [5.41, 5.74) is 1.94. The molecule has 3 heterocycles. The molecule has 0 saturated heterocycles. The van der Waals surface area contributed by atoms with Gasteiger partial charge in [0, 0.05) is 40.4 Å². The van der Waals surface area contributed by atoms with Crippen LogP contribution in [-0.4, -0.2) is 25.7 Å². The normalized spacial score (nSPS) is 18.6. The van der Waals surface area contributed by atoms with Crippen molar-refractivity contribution in [2.45, 2.75) is 50.6 Å². The molecule has 1 amide bonds. The van der Waals surface area contributed by atoms with E-state index in [9.17, 15) is 31.1 Å². The van der Waals surface area contributed by atoms with Gasteiger partial charge in [-0.25, -0.2) is 17.6 Å². The van der Waals surface area contributed by atoms with Crippen LogP contribution in [-0.2, 0) is 23.7 Å². The van der Waals surface area contributed by atoms with Crippen molar-refractivity contribution in [2.24, 2.45) is 5.92 Å². The van der Waals surface area contributed by atoms with Crippen molar-refractivity contribution < 1.29 is 31.1 Å². The van der Waals surface area contributed by atoms with Crippen LogP contribution in [0.5, 0.6) is 0 Å². The average molecular weight is 622 g/mol. The molecular weight excluding hydrogens is 596 g/mol. The SMILES string of the molecule is Cc1ccc2cc(-c3cccnc3[C@H](Cc3cc(F)cc(F)c3)NC(=O)Cn3nc4c(c3C(F)F)C3CC3C4(F)F)ccc2n1. The van der Waals surface area contributed by atoms with Gasteiger partial charge in [-0.3, -0.25) is 19.4 Å². The van der Waals surface area contributed by atoms with Gasteiger partial charge in [-0.1, -0.05) is 18.2 Å². The summed E-state index contributed by atoms with van der Waals surface area (Å²) in [6.45, 7) is 1.11. The number of carbonyl (C=O) groups excluding carboxylic acids is 1. The van der Waals surface area contributed by atoms with Gasteiger partial charge in [0.2, 0.25) is 5.91 Å². The van der Waals surface area contributed by atoms with Gasteiger partial charge in [-0.05, 0) is 73.2 Å². The molecule has 3 aromatic heterocycles. The van der Waals surface area contributed by atoms with Gasteiger partial charge in [-0.15, -0.1) is 0 Å². The molecule has 1 fully saturated rings. The predicted octanol–water partition coefficient (Wildman–Crippen LogP) is 7.33. The van der Waals surface area contributed by atoms with Crippen LogP contribution in [0.25, 0.3) is 22.0 Å². The molecule has 45 heavy (non-hydrogen) atoms. The Hall–Kier alpha value is -4.74. The number of benzene rings is 2. The quantitative estimate of drug-likeness (QED) is 0.184. The van der Waals surface area contributed by atoms with Crippen LogP contribution in [0.15, 0.2) is 66.9 Å². The van der Waals surface area contributed by atoms with E-state index in [0.29, 0.717) is 15.9 Å². The van der Waals surface area contributed by atoms with E-state index >= 15 is 0 Å². The van der Waals surface area contributed by atoms with Gasteiger partial charge < -0.3 is 5.32 Å². The number of rotatable bonds is 8. The van der Waals surface area contributed by atoms with E-state index in [0.717, 1.165) is 40.4 Å². The zero-order valence-corrected chi connectivity index (χ0v) is 23.7. The van der Waals surface area contributed by atoms with Crippen molar-refractivity contribution in [3.8, 4) is 11.1 Å². The van der Waals surface area contributed by atoms with Crippen molar-refractivity contribution in [2.75, 3.05) is 0 Å². The van der Waals surface area contributed by atoms with Gasteiger partial charge in [0.05, 0.1) is 17.3 Å². The van der Waals surface area contributed by atoms with Gasteiger partial charge in [-0.2, -0.15) is 13.9 Å². The summed E-state index contributed by atoms with van der Waals surface area (Å²) in [6.07, 6.45) is -1.64. The highest BCUT2D eigenvalue weighted by Crippen LogP contribution is 2.67. The third-order valence-electron chi connectivity index (χ3n) is 8.48. The Labute approximate surface area is 253 Å². The summed E-state index contributed by atoms with van der Waals surface area (Å²) in [4.78, 5) is 22.5. The highest BCUT2D eigenvalue weighted by atomic mass is 19.3. The van der Waals surface area contributed by atoms with Crippen molar-refractivity contribution >= 4 is 16.8 Å². The fourth-order valence-corrected chi connectivity index (χ4v) is 6.43. The number of hydrogen-bond donors (Lipinski definition) is 1. The Kier molecular flexibility index (Phi) is 6.90. The zero-order valence-electron chi connectivity index (χ0n) is 23.7. The van der Waals surface area contributed by atoms with E-state index in [1.807, 2.05) is 37.3 Å². The maximum atomic E-state index is 14.7. The molecule has 2 aliphatic rings. The number of hydrogen-bond acceptors (Lipinski definition) is 4. The summed E-state index contributed by atoms with van der Waals surface area (Å²) >= 11 is 0. The molecular formula is C33H25F6N5O. The van der Waals surface area contributed by atoms with Gasteiger partial charge in [0.15, 0.2) is 0 Å². The molecule has 230 valence electrons. The molecule has 0 aliphatic heterocycles. The monoisotopic (exact) mass is 621 g/mol. The average Bonchev–Trinajstić information content (AvgIpc) is 3.65. The topological polar surface area (TPSA) is 72.7 Å². The predicted molar refractivity (Wildman–Crippen MR) is 153 cm³/mol. The maximum absolute atomic E-state index is 14.7. The number of fused-ring (bicyclic) bond motifs is 4. The van der Waals surface area contributed by atoms with E-state index in [1.54, 1.807) is 12.1 Å². The zero-order chi connectivity index (χ0) is 31.6. The third kappa shape index (κ3) is 5.21. The molecule has 0 bridgehead atoms. The first-order valence-corrected chi connectivity index (χ1v) is 14.3. The second-order valence-electron chi connectivity index (χ2n) is 11.6. The van der Waals surface area contributed by atoms with Crippen molar-refractivity contribution in [3.05, 3.63) is 112 Å². The number of alkyl halides is 4. The number of nitrogens with zero attached hydrogens (tertiary/aromatic N) is 4. The fraction of sp³-hybridized carbons (Fsp3) is 0.273. The molecule has 7 rings (SSSR count). The molecule has 2 aromatic carbocycles. The number of carbonyl (C=O) groups is 1. The first-order valence-electron chi connectivity index (χ1n) is 14.3. The summed E-state index contributed by atoms with van der Waals surface area (Å²) in [5, 5.41) is 7.37. The summed E-state index contributed by atoms with van der Waals surface area (Å²) in [7, 11) is 0. The van der Waals surface area contributed by atoms with Crippen molar-refractivity contribution in [1.29, 1.82) is 0 Å². The Morgan fingerprint density at radius 3 is 2.60 bits per heavy atom. The van der Waals surface area contributed by atoms with E-state index < -0.39 is 65.7 Å². The highest BCUT2D eigenvalue weighted by molar-refractivity contribution is 5.85. The fourth-order valence-electron chi connectivity index (χ4n) is 6.43. The van der Waals surface area contributed by atoms with Crippen LogP contribution in [0.4, 0.5) is 26.3 Å². The smallest absolute Gasteiger partial charge is 0.295 e. The van der Waals surface area contributed by atoms with E-state index in [4.69, 9.17) is 0 Å². The lowest BCUT2D eigenvalue weighted by Crippen LogP contribution is -2.34. The van der Waals surface area contributed by atoms with Crippen LogP contribution >= 0.6 is 0 Å². The molecule has 0 radical (unpaired) electrons. The largest absolute Gasteiger partial charge is 0.346 e.